The standard InChI is InChI=1S/C35H38FNS/c1-20-14-23(18-34(4,5)6)15-21(2)29(20)32-22(3)30-28(36)19-37-31(33(30)38-32)25-16-24-12-10-11-13-26(24)27(17-25)35(7,8)9/h10-17,19H,18H2,1-9H3. The van der Waals surface area contributed by atoms with E-state index in [1.54, 1.807) is 11.3 Å². The number of fused-ring (bicyclic) bond motifs is 2. The lowest BCUT2D eigenvalue weighted by atomic mass is 9.82. The highest BCUT2D eigenvalue weighted by Gasteiger charge is 2.24. The summed E-state index contributed by atoms with van der Waals surface area (Å²) < 4.78 is 16.3. The highest BCUT2D eigenvalue weighted by Crippen LogP contribution is 2.46. The van der Waals surface area contributed by atoms with Gasteiger partial charge in [0.25, 0.3) is 0 Å². The molecule has 0 spiro atoms. The first kappa shape index (κ1) is 26.6. The summed E-state index contributed by atoms with van der Waals surface area (Å²) in [5.74, 6) is -0.250. The van der Waals surface area contributed by atoms with Crippen LogP contribution in [0.3, 0.4) is 0 Å². The van der Waals surface area contributed by atoms with Gasteiger partial charge in [-0.05, 0) is 94.3 Å². The normalized spacial score (nSPS) is 12.6. The van der Waals surface area contributed by atoms with E-state index in [2.05, 4.69) is 116 Å². The molecule has 3 aromatic carbocycles. The smallest absolute Gasteiger partial charge is 0.150 e. The average molecular weight is 524 g/mol. The Hall–Kier alpha value is -3.04. The Morgan fingerprint density at radius 2 is 1.53 bits per heavy atom. The molecule has 0 aliphatic heterocycles. The van der Waals surface area contributed by atoms with E-state index < -0.39 is 0 Å². The number of nitrogens with zero attached hydrogens (tertiary/aromatic N) is 1. The largest absolute Gasteiger partial charge is 0.252 e. The zero-order valence-electron chi connectivity index (χ0n) is 24.1. The van der Waals surface area contributed by atoms with Crippen molar-refractivity contribution in [3.05, 3.63) is 88.4 Å². The molecular formula is C35H38FNS. The Morgan fingerprint density at radius 3 is 2.16 bits per heavy atom. The van der Waals surface area contributed by atoms with Crippen LogP contribution in [0.15, 0.2) is 54.7 Å². The quantitative estimate of drug-likeness (QED) is 0.229. The molecule has 196 valence electrons. The van der Waals surface area contributed by atoms with E-state index in [4.69, 9.17) is 0 Å². The summed E-state index contributed by atoms with van der Waals surface area (Å²) in [5.41, 5.74) is 9.44. The fourth-order valence-corrected chi connectivity index (χ4v) is 7.35. The molecule has 3 heteroatoms. The van der Waals surface area contributed by atoms with E-state index in [-0.39, 0.29) is 16.6 Å². The Kier molecular flexibility index (Phi) is 6.51. The second-order valence-corrected chi connectivity index (χ2v) is 14.1. The van der Waals surface area contributed by atoms with E-state index in [9.17, 15) is 0 Å². The van der Waals surface area contributed by atoms with Gasteiger partial charge in [0.1, 0.15) is 5.82 Å². The van der Waals surface area contributed by atoms with E-state index in [0.29, 0.717) is 5.39 Å². The van der Waals surface area contributed by atoms with Gasteiger partial charge in [0.15, 0.2) is 0 Å². The van der Waals surface area contributed by atoms with Crippen LogP contribution in [0, 0.1) is 32.0 Å². The number of benzene rings is 3. The third kappa shape index (κ3) is 4.78. The summed E-state index contributed by atoms with van der Waals surface area (Å²) in [6.45, 7) is 20.0. The van der Waals surface area contributed by atoms with Crippen molar-refractivity contribution < 1.29 is 4.39 Å². The van der Waals surface area contributed by atoms with Crippen LogP contribution in [0.1, 0.15) is 69.4 Å². The summed E-state index contributed by atoms with van der Waals surface area (Å²) in [6.07, 6.45) is 2.43. The lowest BCUT2D eigenvalue weighted by molar-refractivity contribution is 0.411. The van der Waals surface area contributed by atoms with Crippen molar-refractivity contribution in [1.29, 1.82) is 0 Å². The van der Waals surface area contributed by atoms with Crippen molar-refractivity contribution >= 4 is 32.2 Å². The number of rotatable bonds is 3. The minimum Gasteiger partial charge on any atom is -0.252 e. The molecule has 38 heavy (non-hydrogen) atoms. The Balaban J connectivity index is 1.75. The molecule has 1 nitrogen and oxygen atoms in total. The van der Waals surface area contributed by atoms with Crippen LogP contribution in [0.25, 0.3) is 42.6 Å². The third-order valence-electron chi connectivity index (χ3n) is 7.40. The fourth-order valence-electron chi connectivity index (χ4n) is 5.85. The van der Waals surface area contributed by atoms with Crippen molar-refractivity contribution in [2.75, 3.05) is 0 Å². The van der Waals surface area contributed by atoms with Gasteiger partial charge in [-0.2, -0.15) is 0 Å². The molecule has 0 N–H and O–H groups in total. The molecule has 0 saturated heterocycles. The maximum atomic E-state index is 15.4. The topological polar surface area (TPSA) is 12.9 Å². The predicted octanol–water partition coefficient (Wildman–Crippen LogP) is 10.7. The van der Waals surface area contributed by atoms with Gasteiger partial charge < -0.3 is 0 Å². The number of hydrogen-bond donors (Lipinski definition) is 0. The number of pyridine rings is 1. The van der Waals surface area contributed by atoms with Gasteiger partial charge in [-0.15, -0.1) is 11.3 Å². The molecule has 0 bridgehead atoms. The van der Waals surface area contributed by atoms with E-state index in [1.807, 2.05) is 0 Å². The van der Waals surface area contributed by atoms with Crippen LogP contribution in [-0.2, 0) is 11.8 Å². The van der Waals surface area contributed by atoms with Gasteiger partial charge >= 0.3 is 0 Å². The maximum Gasteiger partial charge on any atom is 0.150 e. The number of aromatic nitrogens is 1. The van der Waals surface area contributed by atoms with E-state index in [0.717, 1.165) is 32.8 Å². The fraction of sp³-hybridized carbons (Fsp3) is 0.343. The van der Waals surface area contributed by atoms with Crippen LogP contribution in [0.2, 0.25) is 0 Å². The molecule has 2 aromatic heterocycles. The van der Waals surface area contributed by atoms with Gasteiger partial charge in [-0.1, -0.05) is 77.9 Å². The molecule has 0 amide bonds. The minimum absolute atomic E-state index is 0.0334. The first-order valence-corrected chi connectivity index (χ1v) is 14.3. The van der Waals surface area contributed by atoms with Gasteiger partial charge in [0.2, 0.25) is 0 Å². The SMILES string of the molecule is Cc1cc(CC(C)(C)C)cc(C)c1-c1sc2c(-c3cc(C(C)(C)C)c4ccccc4c3)ncc(F)c2c1C. The lowest BCUT2D eigenvalue weighted by Gasteiger charge is -2.22. The first-order chi connectivity index (χ1) is 17.7. The molecule has 0 aliphatic rings. The zero-order chi connectivity index (χ0) is 27.6. The maximum absolute atomic E-state index is 15.4. The molecule has 0 radical (unpaired) electrons. The molecule has 0 saturated carbocycles. The van der Waals surface area contributed by atoms with Crippen molar-refractivity contribution in [3.8, 4) is 21.7 Å². The molecule has 5 aromatic rings. The second kappa shape index (κ2) is 9.31. The van der Waals surface area contributed by atoms with Gasteiger partial charge in [-0.25, -0.2) is 4.39 Å². The summed E-state index contributed by atoms with van der Waals surface area (Å²) >= 11 is 1.68. The van der Waals surface area contributed by atoms with Crippen LogP contribution in [0.5, 0.6) is 0 Å². The van der Waals surface area contributed by atoms with Crippen molar-refractivity contribution in [2.45, 2.75) is 74.1 Å². The Labute approximate surface area is 230 Å². The van der Waals surface area contributed by atoms with Gasteiger partial charge in [0, 0.05) is 15.8 Å². The summed E-state index contributed by atoms with van der Waals surface area (Å²) in [7, 11) is 0. The molecular weight excluding hydrogens is 485 g/mol. The average Bonchev–Trinajstić information content (AvgIpc) is 3.14. The number of halogens is 1. The monoisotopic (exact) mass is 523 g/mol. The predicted molar refractivity (Wildman–Crippen MR) is 164 cm³/mol. The summed E-state index contributed by atoms with van der Waals surface area (Å²) in [4.78, 5) is 5.83. The zero-order valence-corrected chi connectivity index (χ0v) is 25.0. The Bertz CT molecular complexity index is 1670. The van der Waals surface area contributed by atoms with Crippen LogP contribution >= 0.6 is 11.3 Å². The van der Waals surface area contributed by atoms with E-state index >= 15 is 4.39 Å². The molecule has 2 heterocycles. The molecule has 0 fully saturated rings. The van der Waals surface area contributed by atoms with Crippen LogP contribution in [-0.4, -0.2) is 4.98 Å². The van der Waals surface area contributed by atoms with Gasteiger partial charge in [0.05, 0.1) is 16.6 Å². The van der Waals surface area contributed by atoms with Crippen molar-refractivity contribution in [2.24, 2.45) is 5.41 Å². The molecule has 5 rings (SSSR count). The first-order valence-electron chi connectivity index (χ1n) is 13.5. The molecule has 0 aliphatic carbocycles. The van der Waals surface area contributed by atoms with Crippen molar-refractivity contribution in [1.82, 2.24) is 4.98 Å². The highest BCUT2D eigenvalue weighted by molar-refractivity contribution is 7.23. The van der Waals surface area contributed by atoms with Crippen molar-refractivity contribution in [3.63, 3.8) is 0 Å². The van der Waals surface area contributed by atoms with Crippen LogP contribution < -0.4 is 0 Å². The number of hydrogen-bond acceptors (Lipinski definition) is 2. The lowest BCUT2D eigenvalue weighted by Crippen LogP contribution is -2.12. The minimum atomic E-state index is -0.250. The summed E-state index contributed by atoms with van der Waals surface area (Å²) in [5, 5.41) is 3.13. The third-order valence-corrected chi connectivity index (χ3v) is 8.72. The van der Waals surface area contributed by atoms with Crippen LogP contribution in [0.4, 0.5) is 4.39 Å². The number of thiophene rings is 1. The summed E-state index contributed by atoms with van der Waals surface area (Å²) in [6, 6.07) is 17.6. The number of aryl methyl sites for hydroxylation is 3. The molecule has 0 unspecified atom stereocenters. The Morgan fingerprint density at radius 1 is 0.868 bits per heavy atom. The second-order valence-electron chi connectivity index (χ2n) is 13.1. The van der Waals surface area contributed by atoms with E-state index in [1.165, 1.54) is 44.8 Å². The highest BCUT2D eigenvalue weighted by atomic mass is 32.1. The molecule has 0 atom stereocenters. The van der Waals surface area contributed by atoms with Gasteiger partial charge in [-0.3, -0.25) is 4.98 Å².